The molecule has 1 aromatic heterocycles. The standard InChI is InChI=1S/C17H14FNO2/c1-10-4-2-3-5-12(10)17-14(9-16(20)21)13-8-11(18)6-7-15(13)19-17/h2-8,19H,9H2,1H3,(H,20,21). The number of carbonyl (C=O) groups is 1. The van der Waals surface area contributed by atoms with Gasteiger partial charge >= 0.3 is 5.97 Å². The van der Waals surface area contributed by atoms with Crippen LogP contribution in [-0.4, -0.2) is 16.1 Å². The third-order valence-electron chi connectivity index (χ3n) is 3.61. The Morgan fingerprint density at radius 3 is 2.71 bits per heavy atom. The van der Waals surface area contributed by atoms with Gasteiger partial charge < -0.3 is 10.1 Å². The van der Waals surface area contributed by atoms with Crippen LogP contribution in [0.15, 0.2) is 42.5 Å². The zero-order valence-corrected chi connectivity index (χ0v) is 11.5. The van der Waals surface area contributed by atoms with Gasteiger partial charge in [0.05, 0.1) is 12.1 Å². The molecule has 0 atom stereocenters. The molecule has 3 nitrogen and oxygen atoms in total. The Balaban J connectivity index is 2.31. The number of aliphatic carboxylic acids is 1. The van der Waals surface area contributed by atoms with Crippen LogP contribution in [0.1, 0.15) is 11.1 Å². The maximum Gasteiger partial charge on any atom is 0.307 e. The number of fused-ring (bicyclic) bond motifs is 1. The molecule has 0 spiro atoms. The summed E-state index contributed by atoms with van der Waals surface area (Å²) in [6.07, 6.45) is -0.146. The van der Waals surface area contributed by atoms with Crippen molar-refractivity contribution in [2.45, 2.75) is 13.3 Å². The summed E-state index contributed by atoms with van der Waals surface area (Å²) < 4.78 is 13.5. The van der Waals surface area contributed by atoms with Crippen molar-refractivity contribution >= 4 is 16.9 Å². The Bertz CT molecular complexity index is 836. The van der Waals surface area contributed by atoms with Crippen LogP contribution in [0.4, 0.5) is 4.39 Å². The lowest BCUT2D eigenvalue weighted by Crippen LogP contribution is -2.01. The highest BCUT2D eigenvalue weighted by molar-refractivity contribution is 5.94. The molecule has 106 valence electrons. The molecule has 0 aliphatic heterocycles. The molecule has 21 heavy (non-hydrogen) atoms. The van der Waals surface area contributed by atoms with E-state index in [1.54, 1.807) is 6.07 Å². The molecule has 0 saturated carbocycles. The molecule has 4 heteroatoms. The quantitative estimate of drug-likeness (QED) is 0.765. The highest BCUT2D eigenvalue weighted by atomic mass is 19.1. The van der Waals surface area contributed by atoms with Crippen molar-refractivity contribution in [1.29, 1.82) is 0 Å². The van der Waals surface area contributed by atoms with Crippen molar-refractivity contribution in [3.05, 3.63) is 59.4 Å². The van der Waals surface area contributed by atoms with E-state index in [0.29, 0.717) is 10.9 Å². The summed E-state index contributed by atoms with van der Waals surface area (Å²) in [4.78, 5) is 14.4. The Labute approximate surface area is 121 Å². The topological polar surface area (TPSA) is 53.1 Å². The van der Waals surface area contributed by atoms with Gasteiger partial charge in [-0.05, 0) is 36.2 Å². The number of nitrogens with one attached hydrogen (secondary N) is 1. The smallest absolute Gasteiger partial charge is 0.307 e. The van der Waals surface area contributed by atoms with E-state index in [-0.39, 0.29) is 12.2 Å². The maximum absolute atomic E-state index is 13.5. The van der Waals surface area contributed by atoms with Crippen LogP contribution in [0.3, 0.4) is 0 Å². The second-order valence-electron chi connectivity index (χ2n) is 5.05. The largest absolute Gasteiger partial charge is 0.481 e. The molecule has 1 heterocycles. The highest BCUT2D eigenvalue weighted by Crippen LogP contribution is 2.32. The molecule has 0 saturated heterocycles. The van der Waals surface area contributed by atoms with Gasteiger partial charge in [-0.2, -0.15) is 0 Å². The SMILES string of the molecule is Cc1ccccc1-c1[nH]c2ccc(F)cc2c1CC(=O)O. The van der Waals surface area contributed by atoms with Crippen molar-refractivity contribution in [2.24, 2.45) is 0 Å². The molecular weight excluding hydrogens is 269 g/mol. The van der Waals surface area contributed by atoms with Gasteiger partial charge in [0.1, 0.15) is 5.82 Å². The van der Waals surface area contributed by atoms with Crippen molar-refractivity contribution < 1.29 is 14.3 Å². The van der Waals surface area contributed by atoms with Crippen LogP contribution < -0.4 is 0 Å². The number of aromatic amines is 1. The Morgan fingerprint density at radius 1 is 1.24 bits per heavy atom. The number of halogens is 1. The summed E-state index contributed by atoms with van der Waals surface area (Å²) in [5.41, 5.74) is 4.08. The molecule has 0 fully saturated rings. The van der Waals surface area contributed by atoms with Crippen molar-refractivity contribution in [1.82, 2.24) is 4.98 Å². The number of rotatable bonds is 3. The second-order valence-corrected chi connectivity index (χ2v) is 5.05. The number of hydrogen-bond donors (Lipinski definition) is 2. The lowest BCUT2D eigenvalue weighted by Gasteiger charge is -2.06. The first-order valence-corrected chi connectivity index (χ1v) is 6.64. The summed E-state index contributed by atoms with van der Waals surface area (Å²) in [6.45, 7) is 1.96. The molecule has 0 radical (unpaired) electrons. The normalized spacial score (nSPS) is 11.0. The van der Waals surface area contributed by atoms with E-state index in [4.69, 9.17) is 5.11 Å². The van der Waals surface area contributed by atoms with E-state index >= 15 is 0 Å². The fraction of sp³-hybridized carbons (Fsp3) is 0.118. The molecule has 0 bridgehead atoms. The van der Waals surface area contributed by atoms with E-state index in [0.717, 1.165) is 22.3 Å². The molecule has 0 amide bonds. The van der Waals surface area contributed by atoms with E-state index in [9.17, 15) is 9.18 Å². The monoisotopic (exact) mass is 283 g/mol. The van der Waals surface area contributed by atoms with Crippen molar-refractivity contribution in [2.75, 3.05) is 0 Å². The number of H-pyrrole nitrogens is 1. The molecule has 2 aromatic carbocycles. The summed E-state index contributed by atoms with van der Waals surface area (Å²) in [5.74, 6) is -1.31. The van der Waals surface area contributed by atoms with E-state index in [2.05, 4.69) is 4.98 Å². The van der Waals surface area contributed by atoms with Gasteiger partial charge in [0.2, 0.25) is 0 Å². The molecule has 2 N–H and O–H groups in total. The van der Waals surface area contributed by atoms with Crippen LogP contribution in [0, 0.1) is 12.7 Å². The minimum Gasteiger partial charge on any atom is -0.481 e. The van der Waals surface area contributed by atoms with Crippen LogP contribution >= 0.6 is 0 Å². The Morgan fingerprint density at radius 2 is 2.00 bits per heavy atom. The van der Waals surface area contributed by atoms with E-state index in [1.807, 2.05) is 31.2 Å². The number of carboxylic acids is 1. The molecule has 0 unspecified atom stereocenters. The molecule has 3 aromatic rings. The average Bonchev–Trinajstić information content (AvgIpc) is 2.77. The first-order chi connectivity index (χ1) is 10.1. The molecule has 0 aliphatic rings. The summed E-state index contributed by atoms with van der Waals surface area (Å²) in [5, 5.41) is 9.77. The van der Waals surface area contributed by atoms with Gasteiger partial charge in [-0.3, -0.25) is 4.79 Å². The van der Waals surface area contributed by atoms with Gasteiger partial charge in [0.15, 0.2) is 0 Å². The molecular formula is C17H14FNO2. The van der Waals surface area contributed by atoms with Gasteiger partial charge in [-0.25, -0.2) is 4.39 Å². The molecule has 0 aliphatic carbocycles. The fourth-order valence-electron chi connectivity index (χ4n) is 2.64. The summed E-state index contributed by atoms with van der Waals surface area (Å²) in [6, 6.07) is 12.1. The zero-order valence-electron chi connectivity index (χ0n) is 11.5. The van der Waals surface area contributed by atoms with Crippen molar-refractivity contribution in [3.8, 4) is 11.3 Å². The third-order valence-corrected chi connectivity index (χ3v) is 3.61. The van der Waals surface area contributed by atoms with Gasteiger partial charge in [0.25, 0.3) is 0 Å². The molecule has 3 rings (SSSR count). The summed E-state index contributed by atoms with van der Waals surface area (Å²) in [7, 11) is 0. The number of aryl methyl sites for hydroxylation is 1. The lowest BCUT2D eigenvalue weighted by molar-refractivity contribution is -0.136. The Hall–Kier alpha value is -2.62. The van der Waals surface area contributed by atoms with Crippen LogP contribution in [0.5, 0.6) is 0 Å². The van der Waals surface area contributed by atoms with Crippen LogP contribution in [0.2, 0.25) is 0 Å². The predicted octanol–water partition coefficient (Wildman–Crippen LogP) is 3.91. The first kappa shape index (κ1) is 13.4. The van der Waals surface area contributed by atoms with E-state index < -0.39 is 5.97 Å². The second kappa shape index (κ2) is 5.05. The van der Waals surface area contributed by atoms with Crippen molar-refractivity contribution in [3.63, 3.8) is 0 Å². The predicted molar refractivity (Wildman–Crippen MR) is 79.8 cm³/mol. The maximum atomic E-state index is 13.5. The zero-order chi connectivity index (χ0) is 15.0. The minimum atomic E-state index is -0.935. The lowest BCUT2D eigenvalue weighted by atomic mass is 9.99. The Kier molecular flexibility index (Phi) is 3.22. The number of benzene rings is 2. The number of carboxylic acid groups (broad SMARTS) is 1. The number of hydrogen-bond acceptors (Lipinski definition) is 1. The summed E-state index contributed by atoms with van der Waals surface area (Å²) >= 11 is 0. The average molecular weight is 283 g/mol. The number of aromatic nitrogens is 1. The van der Waals surface area contributed by atoms with Gasteiger partial charge in [-0.15, -0.1) is 0 Å². The van der Waals surface area contributed by atoms with Gasteiger partial charge in [-0.1, -0.05) is 24.3 Å². The first-order valence-electron chi connectivity index (χ1n) is 6.64. The van der Waals surface area contributed by atoms with Crippen LogP contribution in [-0.2, 0) is 11.2 Å². The fourth-order valence-corrected chi connectivity index (χ4v) is 2.64. The highest BCUT2D eigenvalue weighted by Gasteiger charge is 2.17. The minimum absolute atomic E-state index is 0.146. The van der Waals surface area contributed by atoms with Gasteiger partial charge in [0, 0.05) is 16.5 Å². The third kappa shape index (κ3) is 2.40. The van der Waals surface area contributed by atoms with E-state index in [1.165, 1.54) is 12.1 Å². The van der Waals surface area contributed by atoms with Crippen LogP contribution in [0.25, 0.3) is 22.2 Å².